The second-order valence-corrected chi connectivity index (χ2v) is 6.10. The molecule has 26 heavy (non-hydrogen) atoms. The van der Waals surface area contributed by atoms with E-state index >= 15 is 0 Å². The van der Waals surface area contributed by atoms with Gasteiger partial charge in [0.2, 0.25) is 0 Å². The minimum Gasteiger partial charge on any atom is -0.497 e. The van der Waals surface area contributed by atoms with Gasteiger partial charge in [0.15, 0.2) is 0 Å². The van der Waals surface area contributed by atoms with Crippen LogP contribution < -0.4 is 4.74 Å². The van der Waals surface area contributed by atoms with Crippen molar-refractivity contribution in [2.45, 2.75) is 20.5 Å². The van der Waals surface area contributed by atoms with E-state index in [4.69, 9.17) is 14.5 Å². The average molecular weight is 349 g/mol. The summed E-state index contributed by atoms with van der Waals surface area (Å²) in [7, 11) is 3.36. The van der Waals surface area contributed by atoms with E-state index in [1.807, 2.05) is 43.5 Å². The van der Waals surface area contributed by atoms with Gasteiger partial charge in [-0.25, -0.2) is 0 Å². The molecule has 2 aromatic rings. The molecule has 0 saturated heterocycles. The number of methoxy groups -OCH3 is 2. The van der Waals surface area contributed by atoms with Crippen LogP contribution in [0, 0.1) is 5.92 Å². The van der Waals surface area contributed by atoms with Crippen molar-refractivity contribution in [3.05, 3.63) is 78.5 Å². The molecule has 0 bridgehead atoms. The normalized spacial score (nSPS) is 13.0. The van der Waals surface area contributed by atoms with Crippen LogP contribution in [-0.2, 0) is 11.3 Å². The molecule has 1 atom stereocenters. The van der Waals surface area contributed by atoms with Crippen LogP contribution in [-0.4, -0.2) is 19.2 Å². The summed E-state index contributed by atoms with van der Waals surface area (Å²) < 4.78 is 10.5. The van der Waals surface area contributed by atoms with Crippen LogP contribution in [0.1, 0.15) is 25.0 Å². The van der Waals surface area contributed by atoms with Crippen molar-refractivity contribution >= 4 is 5.57 Å². The van der Waals surface area contributed by atoms with Crippen LogP contribution in [0.2, 0.25) is 0 Å². The monoisotopic (exact) mass is 349 g/mol. The summed E-state index contributed by atoms with van der Waals surface area (Å²) in [6.07, 6.45) is 10.2. The number of nitrogens with zero attached hydrogens (tertiary/aromatic N) is 1. The molecule has 0 N–H and O–H groups in total. The first-order chi connectivity index (χ1) is 12.6. The number of pyridine rings is 1. The van der Waals surface area contributed by atoms with Crippen molar-refractivity contribution < 1.29 is 9.47 Å². The molecular weight excluding hydrogens is 322 g/mol. The van der Waals surface area contributed by atoms with Gasteiger partial charge in [-0.05, 0) is 54.3 Å². The Labute approximate surface area is 156 Å². The summed E-state index contributed by atoms with van der Waals surface area (Å²) >= 11 is 0. The molecular formula is C23H27NO2. The fourth-order valence-corrected chi connectivity index (χ4v) is 2.63. The van der Waals surface area contributed by atoms with Crippen molar-refractivity contribution in [1.29, 1.82) is 0 Å². The Kier molecular flexibility index (Phi) is 7.37. The third kappa shape index (κ3) is 4.93. The number of aromatic nitrogens is 1. The molecule has 0 aliphatic carbocycles. The standard InChI is InChI=1S/C23H27NO2/c1-6-17(3)8-9-19(7-2)22-14-18(16-25-4)15-24-23(22)20-10-12-21(26-5)13-11-20/h6-15,17H,1,16H2,2-5H3/b9-8-,19-7+. The van der Waals surface area contributed by atoms with Gasteiger partial charge in [-0.3, -0.25) is 4.98 Å². The van der Waals surface area contributed by atoms with Gasteiger partial charge in [0, 0.05) is 24.4 Å². The molecule has 0 amide bonds. The minimum absolute atomic E-state index is 0.310. The summed E-state index contributed by atoms with van der Waals surface area (Å²) in [4.78, 5) is 4.72. The third-order valence-electron chi connectivity index (χ3n) is 4.19. The Morgan fingerprint density at radius 1 is 1.23 bits per heavy atom. The van der Waals surface area contributed by atoms with E-state index in [9.17, 15) is 0 Å². The average Bonchev–Trinajstić information content (AvgIpc) is 2.69. The van der Waals surface area contributed by atoms with Crippen molar-refractivity contribution in [2.75, 3.05) is 14.2 Å². The number of benzene rings is 1. The lowest BCUT2D eigenvalue weighted by atomic mass is 9.96. The highest BCUT2D eigenvalue weighted by atomic mass is 16.5. The highest BCUT2D eigenvalue weighted by Crippen LogP contribution is 2.30. The summed E-state index contributed by atoms with van der Waals surface area (Å²) in [5.74, 6) is 1.14. The molecule has 0 fully saturated rings. The SMILES string of the molecule is C=CC(C)/C=C\C(=C/C)c1cc(COC)cnc1-c1ccc(OC)cc1. The lowest BCUT2D eigenvalue weighted by Crippen LogP contribution is -1.97. The van der Waals surface area contributed by atoms with Crippen LogP contribution in [0.4, 0.5) is 0 Å². The zero-order valence-corrected chi connectivity index (χ0v) is 16.0. The summed E-state index contributed by atoms with van der Waals surface area (Å²) in [5, 5.41) is 0. The van der Waals surface area contributed by atoms with Gasteiger partial charge in [-0.15, -0.1) is 6.58 Å². The molecule has 1 aromatic carbocycles. The maximum absolute atomic E-state index is 5.28. The number of hydrogen-bond donors (Lipinski definition) is 0. The smallest absolute Gasteiger partial charge is 0.118 e. The second-order valence-electron chi connectivity index (χ2n) is 6.10. The minimum atomic E-state index is 0.310. The molecule has 0 aliphatic rings. The lowest BCUT2D eigenvalue weighted by molar-refractivity contribution is 0.184. The molecule has 2 rings (SSSR count). The molecule has 3 nitrogen and oxygen atoms in total. The van der Waals surface area contributed by atoms with Crippen molar-refractivity contribution in [1.82, 2.24) is 4.98 Å². The Hall–Kier alpha value is -2.65. The van der Waals surface area contributed by atoms with E-state index in [-0.39, 0.29) is 0 Å². The highest BCUT2D eigenvalue weighted by molar-refractivity contribution is 5.84. The van der Waals surface area contributed by atoms with E-state index < -0.39 is 0 Å². The van der Waals surface area contributed by atoms with Gasteiger partial charge in [0.05, 0.1) is 19.4 Å². The zero-order chi connectivity index (χ0) is 18.9. The number of rotatable bonds is 8. The Bertz CT molecular complexity index is 788. The van der Waals surface area contributed by atoms with Crippen molar-refractivity contribution in [2.24, 2.45) is 5.92 Å². The first kappa shape index (κ1) is 19.7. The van der Waals surface area contributed by atoms with E-state index in [1.165, 1.54) is 0 Å². The quantitative estimate of drug-likeness (QED) is 0.453. The third-order valence-corrected chi connectivity index (χ3v) is 4.19. The van der Waals surface area contributed by atoms with Crippen molar-refractivity contribution in [3.8, 4) is 17.0 Å². The predicted octanol–water partition coefficient (Wildman–Crippen LogP) is 5.69. The van der Waals surface area contributed by atoms with Gasteiger partial charge < -0.3 is 9.47 Å². The maximum Gasteiger partial charge on any atom is 0.118 e. The van der Waals surface area contributed by atoms with Gasteiger partial charge in [0.1, 0.15) is 5.75 Å². The molecule has 1 aromatic heterocycles. The van der Waals surface area contributed by atoms with E-state index in [0.717, 1.165) is 33.7 Å². The zero-order valence-electron chi connectivity index (χ0n) is 16.0. The largest absolute Gasteiger partial charge is 0.497 e. The van der Waals surface area contributed by atoms with Crippen LogP contribution in [0.3, 0.4) is 0 Å². The van der Waals surface area contributed by atoms with Gasteiger partial charge in [-0.2, -0.15) is 0 Å². The van der Waals surface area contributed by atoms with E-state index in [1.54, 1.807) is 14.2 Å². The first-order valence-corrected chi connectivity index (χ1v) is 8.72. The van der Waals surface area contributed by atoms with Gasteiger partial charge in [0.25, 0.3) is 0 Å². The van der Waals surface area contributed by atoms with Gasteiger partial charge in [-0.1, -0.05) is 31.2 Å². The number of allylic oxidation sites excluding steroid dienone is 5. The fraction of sp³-hybridized carbons (Fsp3) is 0.261. The Balaban J connectivity index is 2.53. The van der Waals surface area contributed by atoms with Crippen LogP contribution in [0.15, 0.2) is 67.4 Å². The molecule has 0 saturated carbocycles. The van der Waals surface area contributed by atoms with Crippen LogP contribution in [0.25, 0.3) is 16.8 Å². The maximum atomic E-state index is 5.28. The summed E-state index contributed by atoms with van der Waals surface area (Å²) in [6, 6.07) is 10.1. The molecule has 1 unspecified atom stereocenters. The second kappa shape index (κ2) is 9.73. The molecule has 136 valence electrons. The van der Waals surface area contributed by atoms with Crippen LogP contribution >= 0.6 is 0 Å². The molecule has 0 radical (unpaired) electrons. The lowest BCUT2D eigenvalue weighted by Gasteiger charge is -2.13. The van der Waals surface area contributed by atoms with E-state index in [0.29, 0.717) is 12.5 Å². The number of hydrogen-bond acceptors (Lipinski definition) is 3. The molecule has 0 spiro atoms. The summed E-state index contributed by atoms with van der Waals surface area (Å²) in [5.41, 5.74) is 5.24. The molecule has 1 heterocycles. The Morgan fingerprint density at radius 2 is 1.96 bits per heavy atom. The summed E-state index contributed by atoms with van der Waals surface area (Å²) in [6.45, 7) is 8.53. The molecule has 3 heteroatoms. The Morgan fingerprint density at radius 3 is 2.54 bits per heavy atom. The fourth-order valence-electron chi connectivity index (χ4n) is 2.63. The van der Waals surface area contributed by atoms with Crippen molar-refractivity contribution in [3.63, 3.8) is 0 Å². The van der Waals surface area contributed by atoms with Crippen LogP contribution in [0.5, 0.6) is 5.75 Å². The van der Waals surface area contributed by atoms with Gasteiger partial charge >= 0.3 is 0 Å². The predicted molar refractivity (Wildman–Crippen MR) is 109 cm³/mol. The topological polar surface area (TPSA) is 31.4 Å². The highest BCUT2D eigenvalue weighted by Gasteiger charge is 2.11. The van der Waals surface area contributed by atoms with E-state index in [2.05, 4.69) is 37.8 Å². The molecule has 0 aliphatic heterocycles. The number of ether oxygens (including phenoxy) is 2. The first-order valence-electron chi connectivity index (χ1n) is 8.72.